The highest BCUT2D eigenvalue weighted by molar-refractivity contribution is 5.82. The van der Waals surface area contributed by atoms with E-state index < -0.39 is 4.70 Å². The van der Waals surface area contributed by atoms with Crippen molar-refractivity contribution >= 4 is 18.5 Å². The topological polar surface area (TPSA) is 79.6 Å². The predicted octanol–water partition coefficient (Wildman–Crippen LogP) is 2.25. The molecule has 2 amide bonds. The largest absolute Gasteiger partial charge is 0.479 e. The quantitative estimate of drug-likeness (QED) is 0.695. The van der Waals surface area contributed by atoms with E-state index in [-0.39, 0.29) is 6.03 Å². The molecule has 0 fully saturated rings. The third kappa shape index (κ3) is 3.04. The van der Waals surface area contributed by atoms with E-state index in [0.29, 0.717) is 5.70 Å². The van der Waals surface area contributed by atoms with E-state index in [2.05, 4.69) is 25.5 Å². The first kappa shape index (κ1) is 14.7. The number of quaternary nitrogens is 1. The highest BCUT2D eigenvalue weighted by Crippen LogP contribution is 2.24. The average molecular weight is 307 g/mol. The standard InChI is InChI=1S/C16H14N6O/c1-13-8-19-16(23)22(13,20-11-14-4-2-6-17-9-14)21-12-15-5-3-7-18-10-15/h2-12H,1H3/p+1. The number of amides is 2. The third-order valence-electron chi connectivity index (χ3n) is 3.30. The minimum Gasteiger partial charge on any atom is -0.271 e. The predicted molar refractivity (Wildman–Crippen MR) is 86.2 cm³/mol. The van der Waals surface area contributed by atoms with Crippen LogP contribution in [0.2, 0.25) is 0 Å². The van der Waals surface area contributed by atoms with Crippen LogP contribution in [-0.2, 0) is 0 Å². The minimum atomic E-state index is -0.510. The molecule has 3 rings (SSSR count). The van der Waals surface area contributed by atoms with Crippen LogP contribution in [0.25, 0.3) is 0 Å². The second kappa shape index (κ2) is 6.29. The van der Waals surface area contributed by atoms with Crippen molar-refractivity contribution in [1.29, 1.82) is 0 Å². The van der Waals surface area contributed by atoms with Crippen LogP contribution in [0.3, 0.4) is 0 Å². The van der Waals surface area contributed by atoms with Crippen LogP contribution < -0.4 is 5.32 Å². The lowest BCUT2D eigenvalue weighted by Gasteiger charge is -2.16. The molecule has 114 valence electrons. The Hall–Kier alpha value is -3.19. The Morgan fingerprint density at radius 3 is 2.00 bits per heavy atom. The number of nitrogens with one attached hydrogen (secondary N) is 1. The Morgan fingerprint density at radius 1 is 1.04 bits per heavy atom. The van der Waals surface area contributed by atoms with Gasteiger partial charge in [-0.3, -0.25) is 15.3 Å². The average Bonchev–Trinajstić information content (AvgIpc) is 2.88. The SMILES string of the molecule is CC1=CNC(=O)[N+]1(N=Cc1cccnc1)N=Cc1cccnc1. The van der Waals surface area contributed by atoms with E-state index in [1.807, 2.05) is 12.1 Å². The van der Waals surface area contributed by atoms with Crippen LogP contribution in [0.4, 0.5) is 4.79 Å². The first-order chi connectivity index (χ1) is 11.2. The summed E-state index contributed by atoms with van der Waals surface area (Å²) >= 11 is 0. The van der Waals surface area contributed by atoms with Gasteiger partial charge in [0.05, 0.1) is 18.6 Å². The molecule has 1 N–H and O–H groups in total. The highest BCUT2D eigenvalue weighted by Gasteiger charge is 2.45. The van der Waals surface area contributed by atoms with Crippen LogP contribution in [0.5, 0.6) is 0 Å². The maximum Gasteiger partial charge on any atom is 0.479 e. The van der Waals surface area contributed by atoms with Crippen LogP contribution in [-0.4, -0.2) is 33.1 Å². The Bertz CT molecular complexity index is 733. The van der Waals surface area contributed by atoms with E-state index in [9.17, 15) is 4.79 Å². The fourth-order valence-electron chi connectivity index (χ4n) is 2.03. The van der Waals surface area contributed by atoms with E-state index in [1.165, 1.54) is 0 Å². The molecule has 7 heteroatoms. The normalized spacial score (nSPS) is 20.9. The minimum absolute atomic E-state index is 0.345. The number of hydrogen-bond acceptors (Lipinski definition) is 5. The van der Waals surface area contributed by atoms with Gasteiger partial charge in [0.2, 0.25) is 0 Å². The second-order valence-electron chi connectivity index (χ2n) is 4.90. The summed E-state index contributed by atoms with van der Waals surface area (Å²) in [7, 11) is 0. The molecular weight excluding hydrogens is 292 g/mol. The number of carbonyl (C=O) groups is 1. The van der Waals surface area contributed by atoms with Gasteiger partial charge in [0.25, 0.3) is 0 Å². The maximum atomic E-state index is 12.3. The zero-order valence-corrected chi connectivity index (χ0v) is 12.5. The number of hydrogen-bond donors (Lipinski definition) is 1. The van der Waals surface area contributed by atoms with Crippen molar-refractivity contribution in [3.8, 4) is 0 Å². The molecular formula is C16H15N6O+. The molecule has 0 aromatic carbocycles. The first-order valence-electron chi connectivity index (χ1n) is 6.99. The number of allylic oxidation sites excluding steroid dienone is 1. The number of nitrogens with zero attached hydrogens (tertiary/aromatic N) is 5. The summed E-state index contributed by atoms with van der Waals surface area (Å²) in [5.41, 5.74) is 2.23. The van der Waals surface area contributed by atoms with E-state index in [0.717, 1.165) is 11.1 Å². The fourth-order valence-corrected chi connectivity index (χ4v) is 2.03. The molecule has 0 saturated carbocycles. The van der Waals surface area contributed by atoms with Gasteiger partial charge in [0.1, 0.15) is 0 Å². The number of carbonyl (C=O) groups excluding carboxylic acids is 1. The molecule has 23 heavy (non-hydrogen) atoms. The molecule has 2 aromatic heterocycles. The molecule has 1 aliphatic heterocycles. The number of pyridine rings is 2. The second-order valence-corrected chi connectivity index (χ2v) is 4.90. The first-order valence-corrected chi connectivity index (χ1v) is 6.99. The fraction of sp³-hybridized carbons (Fsp3) is 0.0625. The monoisotopic (exact) mass is 307 g/mol. The van der Waals surface area contributed by atoms with Gasteiger partial charge in [0.15, 0.2) is 5.70 Å². The van der Waals surface area contributed by atoms with E-state index in [1.54, 1.807) is 62.5 Å². The molecule has 0 aliphatic carbocycles. The van der Waals surface area contributed by atoms with Gasteiger partial charge in [0, 0.05) is 47.5 Å². The third-order valence-corrected chi connectivity index (χ3v) is 3.30. The van der Waals surface area contributed by atoms with Crippen molar-refractivity contribution < 1.29 is 9.50 Å². The Morgan fingerprint density at radius 2 is 1.61 bits per heavy atom. The van der Waals surface area contributed by atoms with Crippen LogP contribution in [0.15, 0.2) is 71.2 Å². The molecule has 0 radical (unpaired) electrons. The Kier molecular flexibility index (Phi) is 4.03. The van der Waals surface area contributed by atoms with Crippen molar-refractivity contribution in [2.24, 2.45) is 10.2 Å². The van der Waals surface area contributed by atoms with Crippen molar-refractivity contribution in [1.82, 2.24) is 15.3 Å². The molecule has 7 nitrogen and oxygen atoms in total. The molecule has 0 bridgehead atoms. The van der Waals surface area contributed by atoms with Gasteiger partial charge < -0.3 is 0 Å². The zero-order chi connectivity index (χ0) is 16.1. The smallest absolute Gasteiger partial charge is 0.271 e. The van der Waals surface area contributed by atoms with E-state index >= 15 is 0 Å². The van der Waals surface area contributed by atoms with Crippen molar-refractivity contribution in [2.45, 2.75) is 6.92 Å². The number of aromatic nitrogens is 2. The molecule has 1 aliphatic rings. The molecule has 0 unspecified atom stereocenters. The summed E-state index contributed by atoms with van der Waals surface area (Å²) in [6, 6.07) is 6.97. The Balaban J connectivity index is 1.96. The van der Waals surface area contributed by atoms with Crippen molar-refractivity contribution in [2.75, 3.05) is 0 Å². The van der Waals surface area contributed by atoms with E-state index in [4.69, 9.17) is 0 Å². The summed E-state index contributed by atoms with van der Waals surface area (Å²) in [6.45, 7) is 1.79. The van der Waals surface area contributed by atoms with Crippen LogP contribution in [0, 0.1) is 0 Å². The lowest BCUT2D eigenvalue weighted by molar-refractivity contribution is -0.820. The summed E-state index contributed by atoms with van der Waals surface area (Å²) in [6.07, 6.45) is 11.4. The lowest BCUT2D eigenvalue weighted by Crippen LogP contribution is -2.41. The molecule has 0 atom stereocenters. The van der Waals surface area contributed by atoms with Gasteiger partial charge in [-0.25, -0.2) is 4.79 Å². The molecule has 3 heterocycles. The lowest BCUT2D eigenvalue weighted by atomic mass is 10.3. The van der Waals surface area contributed by atoms with Gasteiger partial charge in [-0.15, -0.1) is 0 Å². The highest BCUT2D eigenvalue weighted by atomic mass is 16.2. The molecule has 2 aromatic rings. The number of rotatable bonds is 4. The summed E-state index contributed by atoms with van der Waals surface area (Å²) in [5.74, 6) is 0. The summed E-state index contributed by atoms with van der Waals surface area (Å²) < 4.78 is -0.510. The zero-order valence-electron chi connectivity index (χ0n) is 12.5. The number of urea groups is 1. The Labute approximate surface area is 133 Å². The van der Waals surface area contributed by atoms with Gasteiger partial charge in [-0.1, -0.05) is 12.1 Å². The maximum absolute atomic E-state index is 12.3. The summed E-state index contributed by atoms with van der Waals surface area (Å²) in [5, 5.41) is 11.4. The van der Waals surface area contributed by atoms with Gasteiger partial charge in [-0.05, 0) is 22.3 Å². The van der Waals surface area contributed by atoms with Gasteiger partial charge >= 0.3 is 6.03 Å². The van der Waals surface area contributed by atoms with Gasteiger partial charge in [-0.2, -0.15) is 0 Å². The van der Waals surface area contributed by atoms with Crippen LogP contribution in [0.1, 0.15) is 18.1 Å². The molecule has 0 spiro atoms. The van der Waals surface area contributed by atoms with Crippen LogP contribution >= 0.6 is 0 Å². The molecule has 0 saturated heterocycles. The van der Waals surface area contributed by atoms with Crippen molar-refractivity contribution in [3.63, 3.8) is 0 Å². The van der Waals surface area contributed by atoms with Crippen molar-refractivity contribution in [3.05, 3.63) is 72.1 Å². The summed E-state index contributed by atoms with van der Waals surface area (Å²) in [4.78, 5) is 20.3.